The van der Waals surface area contributed by atoms with Gasteiger partial charge in [0.2, 0.25) is 11.9 Å². The zero-order valence-corrected chi connectivity index (χ0v) is 20.7. The third-order valence-electron chi connectivity index (χ3n) is 4.35. The van der Waals surface area contributed by atoms with Crippen LogP contribution < -0.4 is 0 Å². The highest BCUT2D eigenvalue weighted by molar-refractivity contribution is 9.11. The lowest BCUT2D eigenvalue weighted by atomic mass is 9.92. The molecule has 0 fully saturated rings. The van der Waals surface area contributed by atoms with Gasteiger partial charge in [-0.25, -0.2) is 9.97 Å². The van der Waals surface area contributed by atoms with Crippen molar-refractivity contribution < 1.29 is 13.6 Å². The highest BCUT2D eigenvalue weighted by Gasteiger charge is 2.21. The molecule has 1 atom stereocenters. The molecular formula is C22H14Br3F2N3O. The molecule has 4 aromatic rings. The molecule has 9 heteroatoms. The first-order valence-electron chi connectivity index (χ1n) is 8.92. The Labute approximate surface area is 202 Å². The summed E-state index contributed by atoms with van der Waals surface area (Å²) in [4.78, 5) is 23.8. The van der Waals surface area contributed by atoms with Crippen molar-refractivity contribution in [1.29, 1.82) is 0 Å². The normalized spacial score (nSPS) is 11.5. The number of benzene rings is 1. The number of halogens is 5. The van der Waals surface area contributed by atoms with Crippen LogP contribution >= 0.6 is 47.8 Å². The molecule has 0 saturated carbocycles. The van der Waals surface area contributed by atoms with E-state index in [0.717, 1.165) is 20.9 Å². The second-order valence-electron chi connectivity index (χ2n) is 6.46. The molecule has 0 aliphatic carbocycles. The molecule has 0 aliphatic heterocycles. The topological polar surface area (TPSA) is 55.7 Å². The quantitative estimate of drug-likeness (QED) is 0.180. The van der Waals surface area contributed by atoms with E-state index < -0.39 is 17.8 Å². The van der Waals surface area contributed by atoms with Crippen molar-refractivity contribution in [3.63, 3.8) is 0 Å². The Morgan fingerprint density at radius 1 is 0.903 bits per heavy atom. The van der Waals surface area contributed by atoms with Gasteiger partial charge in [-0.15, -0.1) is 0 Å². The van der Waals surface area contributed by atoms with Crippen molar-refractivity contribution in [1.82, 2.24) is 15.0 Å². The lowest BCUT2D eigenvalue weighted by molar-refractivity contribution is 0.0961. The summed E-state index contributed by atoms with van der Waals surface area (Å²) in [7, 11) is 0. The van der Waals surface area contributed by atoms with Gasteiger partial charge in [0.15, 0.2) is 5.78 Å². The summed E-state index contributed by atoms with van der Waals surface area (Å²) in [5.74, 6) is -1.99. The number of fused-ring (bicyclic) bond motifs is 1. The molecule has 0 saturated heterocycles. The van der Waals surface area contributed by atoms with Gasteiger partial charge in [0.25, 0.3) is 0 Å². The van der Waals surface area contributed by atoms with Crippen LogP contribution in [0.2, 0.25) is 0 Å². The van der Waals surface area contributed by atoms with Gasteiger partial charge >= 0.3 is 0 Å². The van der Waals surface area contributed by atoms with E-state index in [-0.39, 0.29) is 11.3 Å². The van der Waals surface area contributed by atoms with Crippen molar-refractivity contribution in [2.45, 2.75) is 12.8 Å². The highest BCUT2D eigenvalue weighted by atomic mass is 79.9. The van der Waals surface area contributed by atoms with Crippen LogP contribution in [0.25, 0.3) is 10.9 Å². The maximum absolute atomic E-state index is 13.8. The van der Waals surface area contributed by atoms with E-state index in [2.05, 4.69) is 62.7 Å². The van der Waals surface area contributed by atoms with Gasteiger partial charge in [-0.05, 0) is 83.7 Å². The van der Waals surface area contributed by atoms with Gasteiger partial charge in [-0.1, -0.05) is 19.1 Å². The molecule has 0 N–H and O–H groups in total. The summed E-state index contributed by atoms with van der Waals surface area (Å²) >= 11 is 9.33. The smallest absolute Gasteiger partial charge is 0.227 e. The predicted octanol–water partition coefficient (Wildman–Crippen LogP) is 7.26. The third kappa shape index (κ3) is 5.99. The lowest BCUT2D eigenvalue weighted by Crippen LogP contribution is -2.12. The van der Waals surface area contributed by atoms with Gasteiger partial charge in [-0.2, -0.15) is 8.78 Å². The number of hydrogen-bond acceptors (Lipinski definition) is 4. The fourth-order valence-corrected chi connectivity index (χ4v) is 4.06. The van der Waals surface area contributed by atoms with E-state index >= 15 is 0 Å². The van der Waals surface area contributed by atoms with Crippen LogP contribution in [0.5, 0.6) is 0 Å². The molecular weight excluding hydrogens is 600 g/mol. The van der Waals surface area contributed by atoms with Gasteiger partial charge in [0, 0.05) is 38.8 Å². The lowest BCUT2D eigenvalue weighted by Gasteiger charge is -2.12. The van der Waals surface area contributed by atoms with Crippen molar-refractivity contribution in [3.05, 3.63) is 97.5 Å². The largest absolute Gasteiger partial charge is 0.293 e. The number of carbonyl (C=O) groups is 1. The van der Waals surface area contributed by atoms with Crippen molar-refractivity contribution >= 4 is 64.5 Å². The average Bonchev–Trinajstić information content (AvgIpc) is 2.77. The fraction of sp³-hybridized carbons (Fsp3) is 0.0909. The molecule has 4 rings (SSSR count). The van der Waals surface area contributed by atoms with E-state index in [9.17, 15) is 13.6 Å². The summed E-state index contributed by atoms with van der Waals surface area (Å²) in [6, 6.07) is 12.5. The summed E-state index contributed by atoms with van der Waals surface area (Å²) in [5, 5.41) is 0.951. The van der Waals surface area contributed by atoms with Gasteiger partial charge in [0.05, 0.1) is 15.6 Å². The van der Waals surface area contributed by atoms with Crippen LogP contribution in [0.1, 0.15) is 28.8 Å². The molecule has 158 valence electrons. The molecule has 1 unspecified atom stereocenters. The molecule has 0 radical (unpaired) electrons. The first kappa shape index (κ1) is 23.6. The third-order valence-corrected chi connectivity index (χ3v) is 5.78. The second kappa shape index (κ2) is 10.5. The van der Waals surface area contributed by atoms with E-state index in [4.69, 9.17) is 0 Å². The molecule has 31 heavy (non-hydrogen) atoms. The monoisotopic (exact) mass is 611 g/mol. The Kier molecular flexibility index (Phi) is 7.96. The zero-order valence-electron chi connectivity index (χ0n) is 16.0. The van der Waals surface area contributed by atoms with E-state index in [1.807, 2.05) is 30.3 Å². The second-order valence-corrected chi connectivity index (χ2v) is 9.15. The van der Waals surface area contributed by atoms with Crippen molar-refractivity contribution in [3.8, 4) is 0 Å². The molecule has 3 aromatic heterocycles. The molecule has 1 aromatic carbocycles. The maximum atomic E-state index is 13.8. The van der Waals surface area contributed by atoms with Crippen LogP contribution in [0.4, 0.5) is 8.78 Å². The highest BCUT2D eigenvalue weighted by Crippen LogP contribution is 2.25. The Morgan fingerprint density at radius 2 is 1.58 bits per heavy atom. The summed E-state index contributed by atoms with van der Waals surface area (Å²) in [6.45, 7) is 1.76. The first-order valence-corrected chi connectivity index (χ1v) is 11.3. The summed E-state index contributed by atoms with van der Waals surface area (Å²) in [5.41, 5.74) is 1.68. The van der Waals surface area contributed by atoms with Gasteiger partial charge < -0.3 is 0 Å². The van der Waals surface area contributed by atoms with Crippen molar-refractivity contribution in [2.75, 3.05) is 0 Å². The number of aromatic nitrogens is 3. The molecule has 0 amide bonds. The molecule has 0 bridgehead atoms. The maximum Gasteiger partial charge on any atom is 0.227 e. The molecule has 0 spiro atoms. The number of nitrogens with zero attached hydrogens (tertiary/aromatic N) is 3. The van der Waals surface area contributed by atoms with Crippen LogP contribution in [-0.2, 0) is 0 Å². The Bertz CT molecular complexity index is 1250. The fourth-order valence-electron chi connectivity index (χ4n) is 2.74. The number of carbonyl (C=O) groups excluding carboxylic acids is 1. The number of ketones is 1. The zero-order chi connectivity index (χ0) is 22.5. The van der Waals surface area contributed by atoms with Crippen molar-refractivity contribution in [2.24, 2.45) is 0 Å². The Morgan fingerprint density at radius 3 is 2.26 bits per heavy atom. The number of hydrogen-bond donors (Lipinski definition) is 0. The van der Waals surface area contributed by atoms with Gasteiger partial charge in [-0.3, -0.25) is 9.78 Å². The van der Waals surface area contributed by atoms with E-state index in [0.29, 0.717) is 8.95 Å². The average molecular weight is 614 g/mol. The van der Waals surface area contributed by atoms with E-state index in [1.54, 1.807) is 19.2 Å². The minimum Gasteiger partial charge on any atom is -0.293 e. The minimum absolute atomic E-state index is 0.00633. The number of rotatable bonds is 3. The standard InChI is InChI=1S/C17H12BrFN2O.C5H2Br2FN/c1-10(16(22)14-8-13(18)9-21-17(14)19)11-4-5-15-12(7-11)3-2-6-20-15;6-3-1-4(7)5(8)9-2-3/h2-10H,1H3;1-2H. The molecule has 4 nitrogen and oxygen atoms in total. The minimum atomic E-state index is -0.748. The van der Waals surface area contributed by atoms with Crippen LogP contribution in [-0.4, -0.2) is 20.7 Å². The summed E-state index contributed by atoms with van der Waals surface area (Å²) < 4.78 is 27.8. The van der Waals surface area contributed by atoms with Crippen LogP contribution in [0.3, 0.4) is 0 Å². The SMILES string of the molecule is CC(C(=O)c1cc(Br)cnc1F)c1ccc2ncccc2c1.Fc1ncc(Br)cc1Br. The number of Topliss-reactive ketones (excluding diaryl/α,β-unsaturated/α-hetero) is 1. The molecule has 0 aliphatic rings. The Hall–Kier alpha value is -2.10. The Balaban J connectivity index is 0.000000254. The van der Waals surface area contributed by atoms with E-state index in [1.165, 1.54) is 18.5 Å². The predicted molar refractivity (Wildman–Crippen MR) is 126 cm³/mol. The number of pyridine rings is 3. The first-order chi connectivity index (χ1) is 14.8. The van der Waals surface area contributed by atoms with Gasteiger partial charge in [0.1, 0.15) is 0 Å². The molecule has 3 heterocycles. The summed E-state index contributed by atoms with van der Waals surface area (Å²) in [6.07, 6.45) is 4.46. The van der Waals surface area contributed by atoms with Crippen LogP contribution in [0, 0.1) is 11.9 Å². The van der Waals surface area contributed by atoms with Crippen LogP contribution in [0.15, 0.2) is 74.5 Å².